The van der Waals surface area contributed by atoms with Crippen LogP contribution in [-0.4, -0.2) is 9.55 Å². The SMILES string of the molecule is Cc1ccc(C(C)n2cncc2CN)o1. The highest BCUT2D eigenvalue weighted by molar-refractivity contribution is 5.12. The zero-order valence-corrected chi connectivity index (χ0v) is 8.97. The van der Waals surface area contributed by atoms with Crippen molar-refractivity contribution in [2.45, 2.75) is 26.4 Å². The summed E-state index contributed by atoms with van der Waals surface area (Å²) >= 11 is 0. The summed E-state index contributed by atoms with van der Waals surface area (Å²) in [4.78, 5) is 4.09. The van der Waals surface area contributed by atoms with Gasteiger partial charge >= 0.3 is 0 Å². The van der Waals surface area contributed by atoms with Gasteiger partial charge in [-0.2, -0.15) is 0 Å². The molecule has 4 nitrogen and oxygen atoms in total. The van der Waals surface area contributed by atoms with E-state index in [0.717, 1.165) is 17.2 Å². The Labute approximate surface area is 88.7 Å². The molecule has 4 heteroatoms. The summed E-state index contributed by atoms with van der Waals surface area (Å²) in [7, 11) is 0. The molecule has 0 aliphatic heterocycles. The van der Waals surface area contributed by atoms with Gasteiger partial charge in [0.15, 0.2) is 0 Å². The van der Waals surface area contributed by atoms with E-state index in [-0.39, 0.29) is 6.04 Å². The fourth-order valence-corrected chi connectivity index (χ4v) is 1.65. The summed E-state index contributed by atoms with van der Waals surface area (Å²) in [5.74, 6) is 1.85. The third kappa shape index (κ3) is 1.80. The van der Waals surface area contributed by atoms with Crippen molar-refractivity contribution >= 4 is 0 Å². The van der Waals surface area contributed by atoms with Crippen LogP contribution in [0.15, 0.2) is 29.1 Å². The van der Waals surface area contributed by atoms with Crippen LogP contribution in [0, 0.1) is 6.92 Å². The van der Waals surface area contributed by atoms with Crippen LogP contribution in [0.25, 0.3) is 0 Å². The highest BCUT2D eigenvalue weighted by Crippen LogP contribution is 2.21. The molecule has 0 saturated heterocycles. The molecule has 0 amide bonds. The number of rotatable bonds is 3. The van der Waals surface area contributed by atoms with Crippen molar-refractivity contribution in [3.05, 3.63) is 41.9 Å². The normalized spacial score (nSPS) is 13.0. The maximum atomic E-state index is 5.62. The minimum Gasteiger partial charge on any atom is -0.464 e. The second kappa shape index (κ2) is 3.90. The number of hydrogen-bond donors (Lipinski definition) is 1. The Morgan fingerprint density at radius 3 is 2.93 bits per heavy atom. The predicted molar refractivity (Wildman–Crippen MR) is 57.4 cm³/mol. The van der Waals surface area contributed by atoms with Crippen LogP contribution in [0.5, 0.6) is 0 Å². The molecule has 0 radical (unpaired) electrons. The molecule has 1 atom stereocenters. The van der Waals surface area contributed by atoms with Crippen molar-refractivity contribution in [2.75, 3.05) is 0 Å². The Balaban J connectivity index is 2.31. The van der Waals surface area contributed by atoms with Crippen LogP contribution in [0.2, 0.25) is 0 Å². The van der Waals surface area contributed by atoms with Gasteiger partial charge in [0, 0.05) is 12.7 Å². The summed E-state index contributed by atoms with van der Waals surface area (Å²) in [6.07, 6.45) is 3.57. The van der Waals surface area contributed by atoms with E-state index in [2.05, 4.69) is 11.9 Å². The summed E-state index contributed by atoms with van der Waals surface area (Å²) < 4.78 is 7.61. The van der Waals surface area contributed by atoms with Gasteiger partial charge in [-0.1, -0.05) is 0 Å². The van der Waals surface area contributed by atoms with E-state index in [9.17, 15) is 0 Å². The molecule has 0 aliphatic rings. The lowest BCUT2D eigenvalue weighted by Gasteiger charge is -2.13. The average Bonchev–Trinajstić information content (AvgIpc) is 2.84. The van der Waals surface area contributed by atoms with Gasteiger partial charge in [0.05, 0.1) is 18.1 Å². The van der Waals surface area contributed by atoms with Crippen molar-refractivity contribution < 1.29 is 4.42 Å². The zero-order chi connectivity index (χ0) is 10.8. The van der Waals surface area contributed by atoms with Gasteiger partial charge in [-0.25, -0.2) is 4.98 Å². The summed E-state index contributed by atoms with van der Waals surface area (Å²) in [5, 5.41) is 0. The predicted octanol–water partition coefficient (Wildman–Crippen LogP) is 1.85. The number of aromatic nitrogens is 2. The Morgan fingerprint density at radius 1 is 1.53 bits per heavy atom. The monoisotopic (exact) mass is 205 g/mol. The van der Waals surface area contributed by atoms with Gasteiger partial charge in [-0.05, 0) is 26.0 Å². The molecule has 2 N–H and O–H groups in total. The van der Waals surface area contributed by atoms with Crippen LogP contribution < -0.4 is 5.73 Å². The Morgan fingerprint density at radius 2 is 2.33 bits per heavy atom. The van der Waals surface area contributed by atoms with Crippen LogP contribution in [-0.2, 0) is 6.54 Å². The van der Waals surface area contributed by atoms with Crippen LogP contribution in [0.3, 0.4) is 0 Å². The molecular weight excluding hydrogens is 190 g/mol. The fraction of sp³-hybridized carbons (Fsp3) is 0.364. The Hall–Kier alpha value is -1.55. The first-order valence-corrected chi connectivity index (χ1v) is 4.99. The quantitative estimate of drug-likeness (QED) is 0.832. The van der Waals surface area contributed by atoms with Crippen LogP contribution in [0.4, 0.5) is 0 Å². The largest absolute Gasteiger partial charge is 0.464 e. The molecule has 0 spiro atoms. The molecule has 1 unspecified atom stereocenters. The van der Waals surface area contributed by atoms with Crippen molar-refractivity contribution in [1.82, 2.24) is 9.55 Å². The Kier molecular flexibility index (Phi) is 2.60. The molecule has 2 heterocycles. The van der Waals surface area contributed by atoms with E-state index in [4.69, 9.17) is 10.2 Å². The minimum absolute atomic E-state index is 0.139. The number of aryl methyl sites for hydroxylation is 1. The number of nitrogens with zero attached hydrogens (tertiary/aromatic N) is 2. The van der Waals surface area contributed by atoms with Gasteiger partial charge in [0.25, 0.3) is 0 Å². The molecule has 2 aromatic heterocycles. The number of nitrogens with two attached hydrogens (primary N) is 1. The molecule has 0 aliphatic carbocycles. The van der Waals surface area contributed by atoms with Crippen LogP contribution >= 0.6 is 0 Å². The van der Waals surface area contributed by atoms with Gasteiger partial charge < -0.3 is 14.7 Å². The average molecular weight is 205 g/mol. The second-order valence-corrected chi connectivity index (χ2v) is 3.62. The van der Waals surface area contributed by atoms with E-state index >= 15 is 0 Å². The minimum atomic E-state index is 0.139. The smallest absolute Gasteiger partial charge is 0.126 e. The molecular formula is C11H15N3O. The Bertz CT molecular complexity index is 444. The van der Waals surface area contributed by atoms with Gasteiger partial charge in [-0.3, -0.25) is 0 Å². The number of furan rings is 1. The van der Waals surface area contributed by atoms with Crippen molar-refractivity contribution in [2.24, 2.45) is 5.73 Å². The number of imidazole rings is 1. The molecule has 0 bridgehead atoms. The highest BCUT2D eigenvalue weighted by atomic mass is 16.3. The van der Waals surface area contributed by atoms with Crippen molar-refractivity contribution in [3.8, 4) is 0 Å². The first kappa shape index (κ1) is 9.98. The molecule has 0 aromatic carbocycles. The third-order valence-electron chi connectivity index (χ3n) is 2.55. The lowest BCUT2D eigenvalue weighted by molar-refractivity contribution is 0.424. The van der Waals surface area contributed by atoms with E-state index in [0.29, 0.717) is 6.54 Å². The second-order valence-electron chi connectivity index (χ2n) is 3.62. The molecule has 2 aromatic rings. The van der Waals surface area contributed by atoms with Crippen molar-refractivity contribution in [1.29, 1.82) is 0 Å². The maximum absolute atomic E-state index is 5.62. The molecule has 0 saturated carbocycles. The zero-order valence-electron chi connectivity index (χ0n) is 8.97. The summed E-state index contributed by atoms with van der Waals surface area (Å²) in [5.41, 5.74) is 6.64. The summed E-state index contributed by atoms with van der Waals surface area (Å²) in [6.45, 7) is 4.50. The standard InChI is InChI=1S/C11H15N3O/c1-8-3-4-11(15-8)9(2)14-7-13-6-10(14)5-12/h3-4,6-7,9H,5,12H2,1-2H3. The number of hydrogen-bond acceptors (Lipinski definition) is 3. The first-order chi connectivity index (χ1) is 7.22. The van der Waals surface area contributed by atoms with E-state index in [1.54, 1.807) is 12.5 Å². The molecule has 2 rings (SSSR count). The molecule has 15 heavy (non-hydrogen) atoms. The lowest BCUT2D eigenvalue weighted by Crippen LogP contribution is -2.11. The van der Waals surface area contributed by atoms with E-state index in [1.165, 1.54) is 0 Å². The first-order valence-electron chi connectivity index (χ1n) is 4.99. The lowest BCUT2D eigenvalue weighted by atomic mass is 10.2. The van der Waals surface area contributed by atoms with Crippen LogP contribution in [0.1, 0.15) is 30.2 Å². The van der Waals surface area contributed by atoms with E-state index < -0.39 is 0 Å². The molecule has 0 fully saturated rings. The maximum Gasteiger partial charge on any atom is 0.126 e. The van der Waals surface area contributed by atoms with Gasteiger partial charge in [0.1, 0.15) is 11.5 Å². The highest BCUT2D eigenvalue weighted by Gasteiger charge is 2.13. The third-order valence-corrected chi connectivity index (χ3v) is 2.55. The topological polar surface area (TPSA) is 57.0 Å². The van der Waals surface area contributed by atoms with Crippen molar-refractivity contribution in [3.63, 3.8) is 0 Å². The summed E-state index contributed by atoms with van der Waals surface area (Å²) in [6, 6.07) is 4.09. The van der Waals surface area contributed by atoms with E-state index in [1.807, 2.05) is 23.6 Å². The fourth-order valence-electron chi connectivity index (χ4n) is 1.65. The molecule has 80 valence electrons. The van der Waals surface area contributed by atoms with Gasteiger partial charge in [-0.15, -0.1) is 0 Å². The van der Waals surface area contributed by atoms with Gasteiger partial charge in [0.2, 0.25) is 0 Å².